The molecule has 2 fully saturated rings. The summed E-state index contributed by atoms with van der Waals surface area (Å²) >= 11 is 0. The lowest BCUT2D eigenvalue weighted by molar-refractivity contribution is -0.182. The molecule has 3 aliphatic rings. The van der Waals surface area contributed by atoms with E-state index in [4.69, 9.17) is 4.74 Å². The quantitative estimate of drug-likeness (QED) is 0.501. The molecule has 0 aromatic heterocycles. The maximum atomic E-state index is 13.7. The first-order chi connectivity index (χ1) is 16.7. The predicted molar refractivity (Wildman–Crippen MR) is 133 cm³/mol. The molecule has 0 bridgehead atoms. The Morgan fingerprint density at radius 2 is 1.89 bits per heavy atom. The molecule has 6 nitrogen and oxygen atoms in total. The number of esters is 1. The Morgan fingerprint density at radius 3 is 2.63 bits per heavy atom. The molecule has 35 heavy (non-hydrogen) atoms. The third kappa shape index (κ3) is 4.90. The summed E-state index contributed by atoms with van der Waals surface area (Å²) in [5.74, 6) is -2.46. The molecule has 1 aromatic carbocycles. The highest BCUT2D eigenvalue weighted by Crippen LogP contribution is 2.52. The van der Waals surface area contributed by atoms with Crippen LogP contribution in [0.15, 0.2) is 66.8 Å². The third-order valence-electron chi connectivity index (χ3n) is 7.91. The van der Waals surface area contributed by atoms with Gasteiger partial charge in [0.2, 0.25) is 5.60 Å². The van der Waals surface area contributed by atoms with Gasteiger partial charge in [0.15, 0.2) is 5.78 Å². The minimum absolute atomic E-state index is 0.143. The summed E-state index contributed by atoms with van der Waals surface area (Å²) < 4.78 is 6.01. The number of hydrogen-bond acceptors (Lipinski definition) is 5. The summed E-state index contributed by atoms with van der Waals surface area (Å²) in [7, 11) is 0. The van der Waals surface area contributed by atoms with E-state index in [1.54, 1.807) is 0 Å². The number of amides is 1. The Kier molecular flexibility index (Phi) is 7.41. The van der Waals surface area contributed by atoms with Gasteiger partial charge in [-0.25, -0.2) is 4.79 Å². The predicted octanol–water partition coefficient (Wildman–Crippen LogP) is 3.70. The van der Waals surface area contributed by atoms with Gasteiger partial charge in [0.25, 0.3) is 5.91 Å². The second kappa shape index (κ2) is 10.3. The average molecular weight is 478 g/mol. The zero-order valence-corrected chi connectivity index (χ0v) is 20.5. The fourth-order valence-electron chi connectivity index (χ4n) is 6.00. The monoisotopic (exact) mass is 477 g/mol. The maximum Gasteiger partial charge on any atom is 0.331 e. The van der Waals surface area contributed by atoms with Gasteiger partial charge in [-0.1, -0.05) is 62.9 Å². The second-order valence-electron chi connectivity index (χ2n) is 10.3. The summed E-state index contributed by atoms with van der Waals surface area (Å²) in [5.41, 5.74) is 0.0801. The number of benzene rings is 1. The fraction of sp³-hybridized carbons (Fsp3) is 0.483. The van der Waals surface area contributed by atoms with Crippen molar-refractivity contribution >= 4 is 17.7 Å². The molecule has 1 saturated heterocycles. The molecule has 2 aliphatic heterocycles. The Balaban J connectivity index is 1.79. The van der Waals surface area contributed by atoms with E-state index in [0.717, 1.165) is 30.9 Å². The molecule has 7 atom stereocenters. The first-order valence-corrected chi connectivity index (χ1v) is 12.6. The summed E-state index contributed by atoms with van der Waals surface area (Å²) in [6, 6.07) is 9.53. The van der Waals surface area contributed by atoms with Crippen LogP contribution in [-0.4, -0.2) is 40.5 Å². The van der Waals surface area contributed by atoms with Gasteiger partial charge >= 0.3 is 5.97 Å². The highest BCUT2D eigenvalue weighted by Gasteiger charge is 2.67. The maximum absolute atomic E-state index is 13.7. The van der Waals surface area contributed by atoms with Crippen molar-refractivity contribution in [2.24, 2.45) is 23.7 Å². The molecule has 0 unspecified atom stereocenters. The highest BCUT2D eigenvalue weighted by atomic mass is 16.6. The highest BCUT2D eigenvalue weighted by molar-refractivity contribution is 5.98. The molecule has 2 N–H and O–H groups in total. The molecule has 0 radical (unpaired) electrons. The first kappa shape index (κ1) is 25.1. The molecule has 1 spiro atoms. The van der Waals surface area contributed by atoms with Crippen LogP contribution in [0.2, 0.25) is 0 Å². The van der Waals surface area contributed by atoms with Crippen molar-refractivity contribution in [2.75, 3.05) is 0 Å². The van der Waals surface area contributed by atoms with E-state index in [2.05, 4.69) is 18.8 Å². The van der Waals surface area contributed by atoms with E-state index in [-0.39, 0.29) is 17.7 Å². The third-order valence-corrected chi connectivity index (χ3v) is 7.91. The van der Waals surface area contributed by atoms with E-state index >= 15 is 0 Å². The summed E-state index contributed by atoms with van der Waals surface area (Å²) in [6.07, 6.45) is 8.39. The average Bonchev–Trinajstić information content (AvgIpc) is 3.09. The van der Waals surface area contributed by atoms with Crippen molar-refractivity contribution in [1.29, 1.82) is 0 Å². The number of carbonyl (C=O) groups excluding carboxylic acids is 3. The Morgan fingerprint density at radius 1 is 1.14 bits per heavy atom. The number of ether oxygens (including phenoxy) is 1. The standard InChI is InChI=1S/C29H35NO5/c1-18-9-7-13-22(31)15-16-25(32)35-29-23(14-8-10-18)27(33)20(3)19(2)26(29)24(30-28(29)34)17-21-11-5-4-6-12-21/h4-6,8,11-12,14-16,18-19,23-24,26-27,33H,3,7,9-10,13,17H2,1-2H3,(H,30,34)/b14-8+,16-15+/t18-,19-,23-,24+,26+,27-,29-/m1/s1. The van der Waals surface area contributed by atoms with E-state index in [1.807, 2.05) is 49.4 Å². The molecule has 1 saturated carbocycles. The number of hydrogen-bond donors (Lipinski definition) is 2. The van der Waals surface area contributed by atoms with Crippen molar-refractivity contribution in [3.05, 3.63) is 72.4 Å². The van der Waals surface area contributed by atoms with E-state index in [9.17, 15) is 19.5 Å². The minimum Gasteiger partial charge on any atom is -0.445 e. The molecule has 186 valence electrons. The van der Waals surface area contributed by atoms with Gasteiger partial charge in [-0.3, -0.25) is 9.59 Å². The fourth-order valence-corrected chi connectivity index (χ4v) is 6.00. The zero-order valence-electron chi connectivity index (χ0n) is 20.5. The van der Waals surface area contributed by atoms with Gasteiger partial charge < -0.3 is 15.2 Å². The number of rotatable bonds is 2. The Labute approximate surface area is 207 Å². The lowest BCUT2D eigenvalue weighted by Gasteiger charge is -2.49. The lowest BCUT2D eigenvalue weighted by Crippen LogP contribution is -2.61. The Hall–Kier alpha value is -2.99. The van der Waals surface area contributed by atoms with Crippen LogP contribution >= 0.6 is 0 Å². The van der Waals surface area contributed by atoms with Gasteiger partial charge in [0.05, 0.1) is 12.0 Å². The molecule has 4 rings (SSSR count). The van der Waals surface area contributed by atoms with Crippen LogP contribution < -0.4 is 5.32 Å². The smallest absolute Gasteiger partial charge is 0.331 e. The molecule has 1 amide bonds. The summed E-state index contributed by atoms with van der Waals surface area (Å²) in [6.45, 7) is 8.21. The van der Waals surface area contributed by atoms with Crippen molar-refractivity contribution in [3.63, 3.8) is 0 Å². The molecular weight excluding hydrogens is 442 g/mol. The van der Waals surface area contributed by atoms with Crippen LogP contribution in [0.3, 0.4) is 0 Å². The van der Waals surface area contributed by atoms with Crippen LogP contribution in [0.1, 0.15) is 45.1 Å². The molecule has 1 aliphatic carbocycles. The molecule has 2 heterocycles. The van der Waals surface area contributed by atoms with Crippen molar-refractivity contribution in [3.8, 4) is 0 Å². The van der Waals surface area contributed by atoms with Gasteiger partial charge in [0.1, 0.15) is 0 Å². The number of aliphatic hydroxyl groups excluding tert-OH is 1. The van der Waals surface area contributed by atoms with Crippen LogP contribution in [0.5, 0.6) is 0 Å². The van der Waals surface area contributed by atoms with Crippen LogP contribution in [0.4, 0.5) is 0 Å². The van der Waals surface area contributed by atoms with E-state index in [1.165, 1.54) is 6.08 Å². The van der Waals surface area contributed by atoms with E-state index in [0.29, 0.717) is 24.3 Å². The molecule has 6 heteroatoms. The van der Waals surface area contributed by atoms with Gasteiger partial charge in [-0.2, -0.15) is 0 Å². The Bertz CT molecular complexity index is 1040. The van der Waals surface area contributed by atoms with Gasteiger partial charge in [0, 0.05) is 24.5 Å². The number of ketones is 1. The largest absolute Gasteiger partial charge is 0.445 e. The second-order valence-corrected chi connectivity index (χ2v) is 10.3. The number of allylic oxidation sites excluding steroid dienone is 2. The SMILES string of the molecule is C=C1[C@@H](C)[C@H]2[C@H](Cc3ccccc3)NC(=O)[C@]23OC(=O)/C=C/C(=O)CCC[C@@H](C)C/C=C/[C@@H]3[C@@H]1O. The molecular formula is C29H35NO5. The van der Waals surface area contributed by atoms with Crippen LogP contribution in [0, 0.1) is 23.7 Å². The van der Waals surface area contributed by atoms with Gasteiger partial charge in [-0.15, -0.1) is 0 Å². The van der Waals surface area contributed by atoms with Crippen molar-refractivity contribution < 1.29 is 24.2 Å². The lowest BCUT2D eigenvalue weighted by atomic mass is 9.59. The number of nitrogens with one attached hydrogen (secondary N) is 1. The van der Waals surface area contributed by atoms with Crippen LogP contribution in [-0.2, 0) is 25.5 Å². The van der Waals surface area contributed by atoms with E-state index < -0.39 is 35.4 Å². The zero-order chi connectivity index (χ0) is 25.2. The summed E-state index contributed by atoms with van der Waals surface area (Å²) in [4.78, 5) is 38.9. The summed E-state index contributed by atoms with van der Waals surface area (Å²) in [5, 5.41) is 14.4. The molecule has 1 aromatic rings. The van der Waals surface area contributed by atoms with Crippen molar-refractivity contribution in [2.45, 2.75) is 63.7 Å². The number of carbonyl (C=O) groups is 3. The number of aliphatic hydroxyl groups is 1. The first-order valence-electron chi connectivity index (χ1n) is 12.6. The minimum atomic E-state index is -1.60. The normalized spacial score (nSPS) is 37.9. The van der Waals surface area contributed by atoms with Crippen LogP contribution in [0.25, 0.3) is 0 Å². The van der Waals surface area contributed by atoms with Gasteiger partial charge in [-0.05, 0) is 54.7 Å². The van der Waals surface area contributed by atoms with Crippen molar-refractivity contribution in [1.82, 2.24) is 5.32 Å². The topological polar surface area (TPSA) is 92.7 Å².